The van der Waals surface area contributed by atoms with E-state index < -0.39 is 5.97 Å². The molecule has 0 aliphatic heterocycles. The van der Waals surface area contributed by atoms with Gasteiger partial charge in [-0.05, 0) is 31.2 Å². The highest BCUT2D eigenvalue weighted by molar-refractivity contribution is 5.87. The summed E-state index contributed by atoms with van der Waals surface area (Å²) >= 11 is 0. The maximum Gasteiger partial charge on any atom is 0.335 e. The molecule has 0 aliphatic rings. The largest absolute Gasteiger partial charge is 0.487 e. The Labute approximate surface area is 97.6 Å². The lowest BCUT2D eigenvalue weighted by Gasteiger charge is -2.03. The second kappa shape index (κ2) is 4.69. The lowest BCUT2D eigenvalue weighted by molar-refractivity contribution is 0.0697. The van der Waals surface area contributed by atoms with Crippen molar-refractivity contribution in [2.75, 3.05) is 0 Å². The van der Waals surface area contributed by atoms with Crippen molar-refractivity contribution in [3.05, 3.63) is 47.3 Å². The molecule has 2 aromatic rings. The Hall–Kier alpha value is -2.30. The number of rotatable bonds is 4. The summed E-state index contributed by atoms with van der Waals surface area (Å²) in [5, 5.41) is 12.5. The fourth-order valence-electron chi connectivity index (χ4n) is 1.34. The molecule has 1 aromatic carbocycles. The minimum absolute atomic E-state index is 0.231. The number of nitrogens with zero attached hydrogens (tertiary/aromatic N) is 1. The molecular formula is C12H11NO4. The first-order chi connectivity index (χ1) is 8.15. The molecule has 0 saturated carbocycles. The summed E-state index contributed by atoms with van der Waals surface area (Å²) in [6.45, 7) is 2.10. The van der Waals surface area contributed by atoms with Gasteiger partial charge in [-0.3, -0.25) is 0 Å². The van der Waals surface area contributed by atoms with Crippen LogP contribution in [0.3, 0.4) is 0 Å². The highest BCUT2D eigenvalue weighted by atomic mass is 16.5. The predicted molar refractivity (Wildman–Crippen MR) is 59.0 cm³/mol. The van der Waals surface area contributed by atoms with Crippen LogP contribution in [-0.4, -0.2) is 16.2 Å². The molecular weight excluding hydrogens is 222 g/mol. The number of aryl methyl sites for hydroxylation is 1. The fraction of sp³-hybridized carbons (Fsp3) is 0.167. The van der Waals surface area contributed by atoms with E-state index in [9.17, 15) is 4.79 Å². The molecule has 2 rings (SSSR count). The number of hydrogen-bond donors (Lipinski definition) is 1. The fourth-order valence-corrected chi connectivity index (χ4v) is 1.34. The van der Waals surface area contributed by atoms with Gasteiger partial charge in [-0.15, -0.1) is 0 Å². The van der Waals surface area contributed by atoms with Gasteiger partial charge < -0.3 is 14.4 Å². The van der Waals surface area contributed by atoms with Gasteiger partial charge in [0.05, 0.1) is 5.56 Å². The van der Waals surface area contributed by atoms with Gasteiger partial charge in [0.1, 0.15) is 23.8 Å². The molecule has 0 amide bonds. The third kappa shape index (κ3) is 2.84. The minimum Gasteiger partial charge on any atom is -0.487 e. The second-order valence-electron chi connectivity index (χ2n) is 3.55. The van der Waals surface area contributed by atoms with Crippen molar-refractivity contribution in [1.29, 1.82) is 0 Å². The van der Waals surface area contributed by atoms with Crippen molar-refractivity contribution in [3.63, 3.8) is 0 Å². The smallest absolute Gasteiger partial charge is 0.335 e. The number of carboxylic acid groups (broad SMARTS) is 1. The first-order valence-electron chi connectivity index (χ1n) is 5.03. The number of hydrogen-bond acceptors (Lipinski definition) is 4. The Morgan fingerprint density at radius 3 is 2.65 bits per heavy atom. The molecule has 1 heterocycles. The summed E-state index contributed by atoms with van der Waals surface area (Å²) in [4.78, 5) is 10.6. The van der Waals surface area contributed by atoms with Crippen LogP contribution in [0.2, 0.25) is 0 Å². The molecule has 88 valence electrons. The van der Waals surface area contributed by atoms with Crippen LogP contribution in [0.5, 0.6) is 5.75 Å². The third-order valence-electron chi connectivity index (χ3n) is 2.16. The SMILES string of the molecule is Cc1cc(COc2ccc(C(=O)O)cc2)no1. The van der Waals surface area contributed by atoms with E-state index in [0.717, 1.165) is 5.76 Å². The Bertz CT molecular complexity index is 516. The van der Waals surface area contributed by atoms with E-state index in [1.54, 1.807) is 25.1 Å². The van der Waals surface area contributed by atoms with Crippen LogP contribution >= 0.6 is 0 Å². The van der Waals surface area contributed by atoms with Gasteiger partial charge in [-0.25, -0.2) is 4.79 Å². The molecule has 0 radical (unpaired) electrons. The average Bonchev–Trinajstić information content (AvgIpc) is 2.73. The van der Waals surface area contributed by atoms with Gasteiger partial charge in [-0.2, -0.15) is 0 Å². The first-order valence-corrected chi connectivity index (χ1v) is 5.03. The molecule has 5 nitrogen and oxygen atoms in total. The number of aromatic nitrogens is 1. The third-order valence-corrected chi connectivity index (χ3v) is 2.16. The van der Waals surface area contributed by atoms with Crippen molar-refractivity contribution < 1.29 is 19.2 Å². The summed E-state index contributed by atoms with van der Waals surface area (Å²) in [6, 6.07) is 7.98. The number of aromatic carboxylic acids is 1. The maximum absolute atomic E-state index is 10.6. The van der Waals surface area contributed by atoms with Gasteiger partial charge in [-0.1, -0.05) is 5.16 Å². The predicted octanol–water partition coefficient (Wildman–Crippen LogP) is 2.26. The van der Waals surface area contributed by atoms with E-state index in [1.807, 2.05) is 0 Å². The van der Waals surface area contributed by atoms with Crippen molar-refractivity contribution in [3.8, 4) is 5.75 Å². The normalized spacial score (nSPS) is 10.2. The van der Waals surface area contributed by atoms with E-state index in [2.05, 4.69) is 5.16 Å². The van der Waals surface area contributed by atoms with Crippen LogP contribution < -0.4 is 4.74 Å². The zero-order valence-corrected chi connectivity index (χ0v) is 9.21. The van der Waals surface area contributed by atoms with Crippen LogP contribution in [-0.2, 0) is 6.61 Å². The quantitative estimate of drug-likeness (QED) is 0.876. The lowest BCUT2D eigenvalue weighted by Crippen LogP contribution is -1.98. The molecule has 0 atom stereocenters. The standard InChI is InChI=1S/C12H11NO4/c1-8-6-10(13-17-8)7-16-11-4-2-9(3-5-11)12(14)15/h2-6H,7H2,1H3,(H,14,15). The molecule has 0 aliphatic carbocycles. The monoisotopic (exact) mass is 233 g/mol. The van der Waals surface area contributed by atoms with E-state index in [4.69, 9.17) is 14.4 Å². The molecule has 0 saturated heterocycles. The topological polar surface area (TPSA) is 72.6 Å². The van der Waals surface area contributed by atoms with Crippen molar-refractivity contribution >= 4 is 5.97 Å². The van der Waals surface area contributed by atoms with Gasteiger partial charge in [0.2, 0.25) is 0 Å². The Morgan fingerprint density at radius 1 is 1.41 bits per heavy atom. The van der Waals surface area contributed by atoms with Crippen LogP contribution in [0.1, 0.15) is 21.8 Å². The highest BCUT2D eigenvalue weighted by Gasteiger charge is 2.04. The highest BCUT2D eigenvalue weighted by Crippen LogP contribution is 2.14. The van der Waals surface area contributed by atoms with Gasteiger partial charge in [0, 0.05) is 6.07 Å². The number of ether oxygens (including phenoxy) is 1. The minimum atomic E-state index is -0.955. The number of carboxylic acids is 1. The molecule has 1 aromatic heterocycles. The summed E-state index contributed by atoms with van der Waals surface area (Å²) in [5.74, 6) is 0.365. The van der Waals surface area contributed by atoms with Gasteiger partial charge >= 0.3 is 5.97 Å². The molecule has 0 spiro atoms. The molecule has 0 unspecified atom stereocenters. The maximum atomic E-state index is 10.6. The van der Waals surface area contributed by atoms with Crippen molar-refractivity contribution in [1.82, 2.24) is 5.16 Å². The van der Waals surface area contributed by atoms with E-state index in [1.165, 1.54) is 12.1 Å². The van der Waals surface area contributed by atoms with Gasteiger partial charge in [0.15, 0.2) is 0 Å². The summed E-state index contributed by atoms with van der Waals surface area (Å²) < 4.78 is 10.3. The second-order valence-corrected chi connectivity index (χ2v) is 3.55. The van der Waals surface area contributed by atoms with Gasteiger partial charge in [0.25, 0.3) is 0 Å². The Kier molecular flexibility index (Phi) is 3.09. The van der Waals surface area contributed by atoms with Crippen LogP contribution in [0, 0.1) is 6.92 Å². The number of carbonyl (C=O) groups is 1. The first kappa shape index (κ1) is 11.2. The molecule has 0 bridgehead atoms. The number of benzene rings is 1. The zero-order chi connectivity index (χ0) is 12.3. The van der Waals surface area contributed by atoms with E-state index in [0.29, 0.717) is 18.1 Å². The average molecular weight is 233 g/mol. The van der Waals surface area contributed by atoms with Crippen LogP contribution in [0.4, 0.5) is 0 Å². The van der Waals surface area contributed by atoms with E-state index >= 15 is 0 Å². The zero-order valence-electron chi connectivity index (χ0n) is 9.21. The molecule has 5 heteroatoms. The van der Waals surface area contributed by atoms with Crippen LogP contribution in [0.15, 0.2) is 34.9 Å². The summed E-state index contributed by atoms with van der Waals surface area (Å²) in [5.41, 5.74) is 0.930. The summed E-state index contributed by atoms with van der Waals surface area (Å²) in [6.07, 6.45) is 0. The summed E-state index contributed by atoms with van der Waals surface area (Å²) in [7, 11) is 0. The van der Waals surface area contributed by atoms with Crippen molar-refractivity contribution in [2.45, 2.75) is 13.5 Å². The molecule has 17 heavy (non-hydrogen) atoms. The van der Waals surface area contributed by atoms with E-state index in [-0.39, 0.29) is 5.56 Å². The van der Waals surface area contributed by atoms with Crippen LogP contribution in [0.25, 0.3) is 0 Å². The lowest BCUT2D eigenvalue weighted by atomic mass is 10.2. The molecule has 1 N–H and O–H groups in total. The Balaban J connectivity index is 1.97. The van der Waals surface area contributed by atoms with Crippen molar-refractivity contribution in [2.24, 2.45) is 0 Å². The Morgan fingerprint density at radius 2 is 2.12 bits per heavy atom. The molecule has 0 fully saturated rings.